The molecule has 20 heavy (non-hydrogen) atoms. The van der Waals surface area contributed by atoms with E-state index in [9.17, 15) is 12.8 Å². The fourth-order valence-electron chi connectivity index (χ4n) is 2.17. The summed E-state index contributed by atoms with van der Waals surface area (Å²) in [6, 6.07) is 5.09. The maximum Gasteiger partial charge on any atom is 0.242 e. The fourth-order valence-corrected chi connectivity index (χ4v) is 3.67. The van der Waals surface area contributed by atoms with Gasteiger partial charge in [0.25, 0.3) is 0 Å². The van der Waals surface area contributed by atoms with E-state index in [0.717, 1.165) is 25.3 Å². The lowest BCUT2D eigenvalue weighted by Crippen LogP contribution is -2.35. The van der Waals surface area contributed by atoms with Gasteiger partial charge in [0.15, 0.2) is 0 Å². The van der Waals surface area contributed by atoms with Gasteiger partial charge in [0, 0.05) is 6.04 Å². The summed E-state index contributed by atoms with van der Waals surface area (Å²) in [5.41, 5.74) is -0.429. The Hall–Kier alpha value is -1.45. The Morgan fingerprint density at radius 1 is 1.50 bits per heavy atom. The molecule has 1 aromatic rings. The summed E-state index contributed by atoms with van der Waals surface area (Å²) < 4.78 is 40.7. The second-order valence-electron chi connectivity index (χ2n) is 5.13. The first-order valence-electron chi connectivity index (χ1n) is 6.69. The van der Waals surface area contributed by atoms with Crippen LogP contribution < -0.4 is 4.72 Å². The van der Waals surface area contributed by atoms with E-state index in [-0.39, 0.29) is 10.9 Å². The van der Waals surface area contributed by atoms with Crippen molar-refractivity contribution in [2.24, 2.45) is 5.92 Å². The third-order valence-electron chi connectivity index (χ3n) is 3.51. The van der Waals surface area contributed by atoms with Crippen molar-refractivity contribution in [2.75, 3.05) is 0 Å². The molecule has 1 atom stereocenters. The van der Waals surface area contributed by atoms with Crippen LogP contribution in [0.5, 0.6) is 0 Å². The number of benzene rings is 1. The van der Waals surface area contributed by atoms with Crippen molar-refractivity contribution in [1.82, 2.24) is 4.72 Å². The van der Waals surface area contributed by atoms with Gasteiger partial charge in [0.05, 0.1) is 0 Å². The minimum Gasteiger partial charge on any atom is -0.208 e. The summed E-state index contributed by atoms with van der Waals surface area (Å²) in [5, 5.41) is 8.93. The minimum absolute atomic E-state index is 0.165. The number of rotatable bonds is 6. The molecule has 1 aromatic carbocycles. The van der Waals surface area contributed by atoms with Gasteiger partial charge in [-0.1, -0.05) is 25.8 Å². The number of hydrogen-bond donors (Lipinski definition) is 1. The third kappa shape index (κ3) is 3.35. The summed E-state index contributed by atoms with van der Waals surface area (Å²) in [6.45, 7) is 1.91. The lowest BCUT2D eigenvalue weighted by Gasteiger charge is -2.17. The largest absolute Gasteiger partial charge is 0.242 e. The summed E-state index contributed by atoms with van der Waals surface area (Å²) in [4.78, 5) is -0.283. The molecule has 1 aliphatic rings. The average Bonchev–Trinajstić information content (AvgIpc) is 3.21. The molecule has 0 heterocycles. The maximum absolute atomic E-state index is 13.5. The predicted molar refractivity (Wildman–Crippen MR) is 72.9 cm³/mol. The molecule has 0 spiro atoms. The zero-order valence-electron chi connectivity index (χ0n) is 11.3. The van der Waals surface area contributed by atoms with Gasteiger partial charge >= 0.3 is 0 Å². The molecule has 108 valence electrons. The van der Waals surface area contributed by atoms with Gasteiger partial charge in [-0.15, -0.1) is 0 Å². The maximum atomic E-state index is 13.5. The lowest BCUT2D eigenvalue weighted by atomic mass is 10.1. The van der Waals surface area contributed by atoms with E-state index >= 15 is 0 Å². The number of halogens is 1. The van der Waals surface area contributed by atoms with Crippen molar-refractivity contribution < 1.29 is 12.8 Å². The number of nitrogens with one attached hydrogen (secondary N) is 1. The van der Waals surface area contributed by atoms with Crippen LogP contribution in [-0.2, 0) is 10.0 Å². The molecule has 1 unspecified atom stereocenters. The predicted octanol–water partition coefficient (Wildman–Crippen LogP) is 2.55. The molecule has 6 heteroatoms. The molecule has 0 aliphatic heterocycles. The van der Waals surface area contributed by atoms with E-state index in [1.807, 2.05) is 6.92 Å². The average molecular weight is 296 g/mol. The van der Waals surface area contributed by atoms with E-state index < -0.39 is 21.4 Å². The van der Waals surface area contributed by atoms with Crippen LogP contribution in [0.25, 0.3) is 0 Å². The topological polar surface area (TPSA) is 70.0 Å². The molecule has 1 N–H and O–H groups in total. The fraction of sp³-hybridized carbons (Fsp3) is 0.500. The highest BCUT2D eigenvalue weighted by molar-refractivity contribution is 7.89. The molecule has 1 aliphatic carbocycles. The first kappa shape index (κ1) is 14.9. The number of hydrogen-bond acceptors (Lipinski definition) is 3. The van der Waals surface area contributed by atoms with Crippen molar-refractivity contribution >= 4 is 10.0 Å². The Morgan fingerprint density at radius 3 is 2.75 bits per heavy atom. The van der Waals surface area contributed by atoms with Crippen molar-refractivity contribution in [2.45, 2.75) is 43.5 Å². The Kier molecular flexibility index (Phi) is 4.41. The molecule has 0 amide bonds. The minimum atomic E-state index is -3.87. The van der Waals surface area contributed by atoms with E-state index in [2.05, 4.69) is 4.72 Å². The van der Waals surface area contributed by atoms with Crippen LogP contribution in [0.2, 0.25) is 0 Å². The molecular formula is C14H17FN2O2S. The monoisotopic (exact) mass is 296 g/mol. The molecule has 0 saturated heterocycles. The third-order valence-corrected chi connectivity index (χ3v) is 5.07. The highest BCUT2D eigenvalue weighted by atomic mass is 32.2. The van der Waals surface area contributed by atoms with Gasteiger partial charge in [-0.3, -0.25) is 0 Å². The van der Waals surface area contributed by atoms with Crippen LogP contribution in [0.4, 0.5) is 4.39 Å². The number of nitriles is 1. The Labute approximate surface area is 118 Å². The second-order valence-corrected chi connectivity index (χ2v) is 6.81. The van der Waals surface area contributed by atoms with Gasteiger partial charge < -0.3 is 0 Å². The van der Waals surface area contributed by atoms with Crippen LogP contribution in [0.3, 0.4) is 0 Å². The molecule has 0 radical (unpaired) electrons. The summed E-state index contributed by atoms with van der Waals surface area (Å²) in [7, 11) is -3.87. The van der Waals surface area contributed by atoms with E-state index in [1.54, 1.807) is 6.07 Å². The van der Waals surface area contributed by atoms with E-state index in [0.29, 0.717) is 12.3 Å². The quantitative estimate of drug-likeness (QED) is 0.877. The molecule has 0 bridgehead atoms. The van der Waals surface area contributed by atoms with Crippen molar-refractivity contribution in [3.63, 3.8) is 0 Å². The van der Waals surface area contributed by atoms with Crippen LogP contribution >= 0.6 is 0 Å². The van der Waals surface area contributed by atoms with Crippen molar-refractivity contribution in [3.8, 4) is 6.07 Å². The number of sulfonamides is 1. The van der Waals surface area contributed by atoms with Gasteiger partial charge in [-0.2, -0.15) is 5.26 Å². The summed E-state index contributed by atoms with van der Waals surface area (Å²) in [6.07, 6.45) is 3.75. The Balaban J connectivity index is 2.25. The summed E-state index contributed by atoms with van der Waals surface area (Å²) >= 11 is 0. The van der Waals surface area contributed by atoms with Crippen molar-refractivity contribution in [1.29, 1.82) is 5.26 Å². The molecule has 1 fully saturated rings. The highest BCUT2D eigenvalue weighted by Crippen LogP contribution is 2.34. The van der Waals surface area contributed by atoms with Gasteiger partial charge in [0.2, 0.25) is 10.0 Å². The normalized spacial score (nSPS) is 16.6. The van der Waals surface area contributed by atoms with Gasteiger partial charge in [-0.25, -0.2) is 17.5 Å². The van der Waals surface area contributed by atoms with E-state index in [1.165, 1.54) is 12.1 Å². The zero-order valence-corrected chi connectivity index (χ0v) is 12.1. The first-order chi connectivity index (χ1) is 9.47. The molecule has 0 aromatic heterocycles. The summed E-state index contributed by atoms with van der Waals surface area (Å²) in [5.74, 6) is -0.226. The van der Waals surface area contributed by atoms with E-state index in [4.69, 9.17) is 5.26 Å². The Bertz CT molecular complexity index is 633. The smallest absolute Gasteiger partial charge is 0.208 e. The first-order valence-corrected chi connectivity index (χ1v) is 8.17. The standard InChI is InChI=1S/C14H17FN2O2S/c1-2-11(8-10-6-7-10)17-20(18,19)14-5-3-4-13(15)12(14)9-16/h3-5,10-11,17H,2,6-8H2,1H3. The Morgan fingerprint density at radius 2 is 2.20 bits per heavy atom. The number of nitrogens with zero attached hydrogens (tertiary/aromatic N) is 1. The SMILES string of the molecule is CCC(CC1CC1)NS(=O)(=O)c1cccc(F)c1C#N. The van der Waals surface area contributed by atoms with Crippen LogP contribution in [0, 0.1) is 23.1 Å². The highest BCUT2D eigenvalue weighted by Gasteiger charge is 2.29. The molecule has 4 nitrogen and oxygen atoms in total. The van der Waals surface area contributed by atoms with Gasteiger partial charge in [-0.05, 0) is 30.9 Å². The van der Waals surface area contributed by atoms with Crippen LogP contribution in [0.1, 0.15) is 38.2 Å². The van der Waals surface area contributed by atoms with Crippen molar-refractivity contribution in [3.05, 3.63) is 29.6 Å². The van der Waals surface area contributed by atoms with Crippen LogP contribution in [0.15, 0.2) is 23.1 Å². The second kappa shape index (κ2) is 5.90. The zero-order chi connectivity index (χ0) is 14.8. The molecular weight excluding hydrogens is 279 g/mol. The van der Waals surface area contributed by atoms with Gasteiger partial charge in [0.1, 0.15) is 22.3 Å². The van der Waals surface area contributed by atoms with Crippen LogP contribution in [-0.4, -0.2) is 14.5 Å². The molecule has 2 rings (SSSR count). The lowest BCUT2D eigenvalue weighted by molar-refractivity contribution is 0.494. The molecule has 1 saturated carbocycles.